The van der Waals surface area contributed by atoms with Crippen molar-refractivity contribution in [1.82, 2.24) is 20.2 Å². The van der Waals surface area contributed by atoms with E-state index in [1.165, 1.54) is 18.5 Å². The zero-order chi connectivity index (χ0) is 27.9. The number of imide groups is 1. The molecule has 3 aromatic rings. The van der Waals surface area contributed by atoms with Gasteiger partial charge >= 0.3 is 12.3 Å². The first kappa shape index (κ1) is 26.3. The van der Waals surface area contributed by atoms with Gasteiger partial charge in [0.2, 0.25) is 11.5 Å². The van der Waals surface area contributed by atoms with Crippen molar-refractivity contribution in [3.05, 3.63) is 83.7 Å². The molecule has 0 saturated carbocycles. The normalized spacial score (nSPS) is 20.1. The van der Waals surface area contributed by atoms with Crippen LogP contribution in [-0.4, -0.2) is 51.0 Å². The van der Waals surface area contributed by atoms with Gasteiger partial charge in [-0.05, 0) is 42.2 Å². The van der Waals surface area contributed by atoms with E-state index < -0.39 is 47.6 Å². The Morgan fingerprint density at radius 2 is 1.79 bits per heavy atom. The quantitative estimate of drug-likeness (QED) is 0.471. The number of carbonyl (C=O) groups is 3. The predicted octanol–water partition coefficient (Wildman–Crippen LogP) is 4.08. The van der Waals surface area contributed by atoms with Gasteiger partial charge in [-0.1, -0.05) is 30.3 Å². The Kier molecular flexibility index (Phi) is 6.57. The molecule has 39 heavy (non-hydrogen) atoms. The third-order valence-electron chi connectivity index (χ3n) is 7.01. The SMILES string of the molecule is C[C@H](NC(=O)C(Cc1ccc(F)cc1)N1C(=O)O[C@@]2(CCc3cc(-c4cncnc4)ccc32)C1=O)C(F)(F)F. The summed E-state index contributed by atoms with van der Waals surface area (Å²) >= 11 is 0. The Morgan fingerprint density at radius 3 is 2.46 bits per heavy atom. The second-order valence-corrected chi connectivity index (χ2v) is 9.49. The van der Waals surface area contributed by atoms with Crippen LogP contribution in [0.3, 0.4) is 0 Å². The summed E-state index contributed by atoms with van der Waals surface area (Å²) in [7, 11) is 0. The number of amides is 3. The van der Waals surface area contributed by atoms with E-state index in [4.69, 9.17) is 4.74 Å². The van der Waals surface area contributed by atoms with Gasteiger partial charge in [-0.25, -0.2) is 24.1 Å². The number of nitrogens with zero attached hydrogens (tertiary/aromatic N) is 3. The molecular weight excluding hydrogens is 520 g/mol. The number of hydrogen-bond donors (Lipinski definition) is 1. The number of ether oxygens (including phenoxy) is 1. The topological polar surface area (TPSA) is 101 Å². The standard InChI is InChI=1S/C27H22F4N4O4/c1-15(27(29,30)31)34-23(36)22(10-16-2-5-20(28)6-3-16)35-24(37)26(39-25(35)38)9-8-18-11-17(4-7-21(18)26)19-12-32-14-33-13-19/h2-7,11-15,22H,8-10H2,1H3,(H,34,36)/t15-,22?,26+/m0/s1. The number of hydrogen-bond acceptors (Lipinski definition) is 6. The van der Waals surface area contributed by atoms with Crippen molar-refractivity contribution in [1.29, 1.82) is 0 Å². The average molecular weight is 542 g/mol. The minimum absolute atomic E-state index is 0.0992. The summed E-state index contributed by atoms with van der Waals surface area (Å²) in [5, 5.41) is 1.84. The van der Waals surface area contributed by atoms with Gasteiger partial charge in [-0.15, -0.1) is 0 Å². The minimum atomic E-state index is -4.75. The van der Waals surface area contributed by atoms with E-state index in [1.54, 1.807) is 24.5 Å². The largest absolute Gasteiger partial charge is 0.427 e. The van der Waals surface area contributed by atoms with E-state index in [0.29, 0.717) is 22.4 Å². The van der Waals surface area contributed by atoms with Gasteiger partial charge in [0.05, 0.1) is 0 Å². The molecule has 1 saturated heterocycles. The van der Waals surface area contributed by atoms with Crippen LogP contribution in [-0.2, 0) is 32.8 Å². The number of alkyl halides is 3. The minimum Gasteiger partial charge on any atom is -0.427 e. The number of aryl methyl sites for hydroxylation is 1. The number of nitrogens with one attached hydrogen (secondary N) is 1. The van der Waals surface area contributed by atoms with Crippen LogP contribution >= 0.6 is 0 Å². The van der Waals surface area contributed by atoms with E-state index in [9.17, 15) is 31.9 Å². The average Bonchev–Trinajstić information content (AvgIpc) is 3.39. The van der Waals surface area contributed by atoms with Crippen LogP contribution in [0.5, 0.6) is 0 Å². The van der Waals surface area contributed by atoms with Gasteiger partial charge in [0, 0.05) is 36.4 Å². The molecule has 12 heteroatoms. The number of carbonyl (C=O) groups excluding carboxylic acids is 3. The summed E-state index contributed by atoms with van der Waals surface area (Å²) in [4.78, 5) is 48.6. The molecule has 1 N–H and O–H groups in total. The molecule has 1 fully saturated rings. The Morgan fingerprint density at radius 1 is 1.10 bits per heavy atom. The molecule has 1 aliphatic heterocycles. The molecule has 5 rings (SSSR count). The first-order valence-electron chi connectivity index (χ1n) is 12.1. The second-order valence-electron chi connectivity index (χ2n) is 9.49. The van der Waals surface area contributed by atoms with Gasteiger partial charge < -0.3 is 10.1 Å². The van der Waals surface area contributed by atoms with E-state index in [1.807, 2.05) is 11.4 Å². The van der Waals surface area contributed by atoms with E-state index >= 15 is 0 Å². The van der Waals surface area contributed by atoms with Crippen LogP contribution in [0, 0.1) is 5.82 Å². The number of aromatic nitrogens is 2. The highest BCUT2D eigenvalue weighted by Gasteiger charge is 2.60. The van der Waals surface area contributed by atoms with Crippen LogP contribution in [0.25, 0.3) is 11.1 Å². The maximum Gasteiger partial charge on any atom is 0.418 e. The summed E-state index contributed by atoms with van der Waals surface area (Å²) < 4.78 is 58.7. The number of benzene rings is 2. The van der Waals surface area contributed by atoms with Crippen molar-refractivity contribution >= 4 is 17.9 Å². The summed E-state index contributed by atoms with van der Waals surface area (Å²) in [5.41, 5.74) is 1.33. The van der Waals surface area contributed by atoms with Crippen LogP contribution in [0.2, 0.25) is 0 Å². The second kappa shape index (κ2) is 9.75. The van der Waals surface area contributed by atoms with Crippen LogP contribution < -0.4 is 5.32 Å². The molecule has 3 atom stereocenters. The molecule has 3 amide bonds. The molecule has 1 aromatic heterocycles. The lowest BCUT2D eigenvalue weighted by Gasteiger charge is -2.27. The van der Waals surface area contributed by atoms with Crippen molar-refractivity contribution in [2.75, 3.05) is 0 Å². The van der Waals surface area contributed by atoms with Gasteiger partial charge in [-0.3, -0.25) is 9.59 Å². The molecule has 202 valence electrons. The Bertz CT molecular complexity index is 1430. The zero-order valence-electron chi connectivity index (χ0n) is 20.5. The molecule has 0 radical (unpaired) electrons. The molecule has 2 aromatic carbocycles. The molecule has 2 heterocycles. The maximum atomic E-state index is 13.8. The summed E-state index contributed by atoms with van der Waals surface area (Å²) in [5.74, 6) is -2.60. The monoisotopic (exact) mass is 542 g/mol. The fourth-order valence-electron chi connectivity index (χ4n) is 4.92. The van der Waals surface area contributed by atoms with Crippen molar-refractivity contribution in [3.63, 3.8) is 0 Å². The number of rotatable bonds is 6. The maximum absolute atomic E-state index is 13.8. The van der Waals surface area contributed by atoms with Gasteiger partial charge in [0.1, 0.15) is 24.2 Å². The summed E-state index contributed by atoms with van der Waals surface area (Å²) in [6.07, 6.45) is -1.11. The lowest BCUT2D eigenvalue weighted by Crippen LogP contribution is -2.55. The molecule has 2 aliphatic rings. The lowest BCUT2D eigenvalue weighted by atomic mass is 9.92. The summed E-state index contributed by atoms with van der Waals surface area (Å²) in [6, 6.07) is 6.17. The Balaban J connectivity index is 1.48. The highest BCUT2D eigenvalue weighted by molar-refractivity contribution is 6.07. The Labute approximate surface area is 220 Å². The highest BCUT2D eigenvalue weighted by atomic mass is 19.4. The highest BCUT2D eigenvalue weighted by Crippen LogP contribution is 2.47. The van der Waals surface area contributed by atoms with Crippen molar-refractivity contribution in [2.45, 2.75) is 50.0 Å². The number of halogens is 4. The lowest BCUT2D eigenvalue weighted by molar-refractivity contribution is -0.160. The summed E-state index contributed by atoms with van der Waals surface area (Å²) in [6.45, 7) is 0.751. The molecule has 0 bridgehead atoms. The first-order valence-corrected chi connectivity index (χ1v) is 12.1. The van der Waals surface area contributed by atoms with Crippen molar-refractivity contribution in [2.24, 2.45) is 0 Å². The number of fused-ring (bicyclic) bond motifs is 2. The molecule has 1 spiro atoms. The van der Waals surface area contributed by atoms with Gasteiger partial charge in [-0.2, -0.15) is 13.2 Å². The molecule has 1 unspecified atom stereocenters. The fraction of sp³-hybridized carbons (Fsp3) is 0.296. The van der Waals surface area contributed by atoms with Gasteiger partial charge in [0.15, 0.2) is 0 Å². The van der Waals surface area contributed by atoms with E-state index in [2.05, 4.69) is 9.97 Å². The van der Waals surface area contributed by atoms with E-state index in [0.717, 1.165) is 35.7 Å². The van der Waals surface area contributed by atoms with Crippen molar-refractivity contribution < 1.29 is 36.7 Å². The van der Waals surface area contributed by atoms with Crippen LogP contribution in [0.4, 0.5) is 22.4 Å². The van der Waals surface area contributed by atoms with Crippen LogP contribution in [0.1, 0.15) is 30.0 Å². The third kappa shape index (κ3) is 4.82. The fourth-order valence-corrected chi connectivity index (χ4v) is 4.92. The Hall–Kier alpha value is -4.35. The molecule has 1 aliphatic carbocycles. The van der Waals surface area contributed by atoms with E-state index in [-0.39, 0.29) is 12.8 Å². The molecular formula is C27H22F4N4O4. The van der Waals surface area contributed by atoms with Crippen molar-refractivity contribution in [3.8, 4) is 11.1 Å². The van der Waals surface area contributed by atoms with Crippen LogP contribution in [0.15, 0.2) is 61.2 Å². The molecule has 8 nitrogen and oxygen atoms in total. The zero-order valence-corrected chi connectivity index (χ0v) is 20.5. The smallest absolute Gasteiger partial charge is 0.418 e. The first-order chi connectivity index (χ1) is 18.5. The third-order valence-corrected chi connectivity index (χ3v) is 7.01. The predicted molar refractivity (Wildman–Crippen MR) is 128 cm³/mol. The van der Waals surface area contributed by atoms with Gasteiger partial charge in [0.25, 0.3) is 5.91 Å².